The number of nitrogens with one attached hydrogen (secondary N) is 1. The number of aliphatic hydroxyl groups is 1. The van der Waals surface area contributed by atoms with Crippen LogP contribution in [0.25, 0.3) is 0 Å². The first-order valence-corrected chi connectivity index (χ1v) is 5.64. The summed E-state index contributed by atoms with van der Waals surface area (Å²) in [6.45, 7) is 5.98. The average molecular weight is 207 g/mol. The van der Waals surface area contributed by atoms with Gasteiger partial charge in [0.2, 0.25) is 0 Å². The summed E-state index contributed by atoms with van der Waals surface area (Å²) >= 11 is 0. The lowest BCUT2D eigenvalue weighted by Gasteiger charge is -2.24. The molecular formula is C13H21NO. The quantitative estimate of drug-likeness (QED) is 0.777. The minimum Gasteiger partial charge on any atom is -0.392 e. The Morgan fingerprint density at radius 2 is 1.80 bits per heavy atom. The number of hydrogen-bond donors (Lipinski definition) is 2. The van der Waals surface area contributed by atoms with E-state index in [2.05, 4.69) is 24.4 Å². The van der Waals surface area contributed by atoms with E-state index in [0.29, 0.717) is 6.04 Å². The Bertz CT molecular complexity index is 271. The van der Waals surface area contributed by atoms with Crippen LogP contribution in [0.15, 0.2) is 30.3 Å². The van der Waals surface area contributed by atoms with Crippen LogP contribution in [-0.2, 0) is 0 Å². The van der Waals surface area contributed by atoms with Gasteiger partial charge in [0.1, 0.15) is 0 Å². The molecule has 1 rings (SSSR count). The van der Waals surface area contributed by atoms with Crippen LogP contribution in [0.1, 0.15) is 38.8 Å². The Morgan fingerprint density at radius 1 is 1.20 bits per heavy atom. The van der Waals surface area contributed by atoms with Crippen molar-refractivity contribution < 1.29 is 5.11 Å². The molecule has 0 aliphatic heterocycles. The maximum atomic E-state index is 9.45. The zero-order valence-corrected chi connectivity index (χ0v) is 9.77. The zero-order chi connectivity index (χ0) is 11.3. The zero-order valence-electron chi connectivity index (χ0n) is 9.77. The summed E-state index contributed by atoms with van der Waals surface area (Å²) in [5.41, 5.74) is 1.28. The minimum absolute atomic E-state index is 0.121. The van der Waals surface area contributed by atoms with Crippen molar-refractivity contribution in [2.75, 3.05) is 0 Å². The highest BCUT2D eigenvalue weighted by molar-refractivity contribution is 5.18. The fourth-order valence-electron chi connectivity index (χ4n) is 1.59. The van der Waals surface area contributed by atoms with Gasteiger partial charge in [-0.1, -0.05) is 37.3 Å². The van der Waals surface area contributed by atoms with E-state index in [0.717, 1.165) is 6.42 Å². The van der Waals surface area contributed by atoms with Crippen LogP contribution in [0.5, 0.6) is 0 Å². The standard InChI is InChI=1S/C13H21NO/c1-4-13(14-10(2)11(3)15)12-8-6-5-7-9-12/h5-11,13-15H,4H2,1-3H3. The van der Waals surface area contributed by atoms with E-state index in [1.807, 2.05) is 32.0 Å². The molecule has 3 unspecified atom stereocenters. The lowest BCUT2D eigenvalue weighted by atomic mass is 10.0. The lowest BCUT2D eigenvalue weighted by molar-refractivity contribution is 0.145. The molecule has 0 amide bonds. The Labute approximate surface area is 92.3 Å². The number of aliphatic hydroxyl groups excluding tert-OH is 1. The second-order valence-corrected chi connectivity index (χ2v) is 4.07. The molecule has 0 aliphatic carbocycles. The summed E-state index contributed by atoms with van der Waals surface area (Å²) in [5.74, 6) is 0. The molecule has 2 nitrogen and oxygen atoms in total. The second kappa shape index (κ2) is 5.89. The van der Waals surface area contributed by atoms with E-state index in [1.54, 1.807) is 0 Å². The van der Waals surface area contributed by atoms with E-state index in [-0.39, 0.29) is 12.1 Å². The smallest absolute Gasteiger partial charge is 0.0662 e. The minimum atomic E-state index is -0.317. The number of benzene rings is 1. The molecule has 84 valence electrons. The van der Waals surface area contributed by atoms with Crippen molar-refractivity contribution in [3.63, 3.8) is 0 Å². The molecule has 0 spiro atoms. The molecule has 0 radical (unpaired) electrons. The van der Waals surface area contributed by atoms with Gasteiger partial charge in [-0.3, -0.25) is 0 Å². The highest BCUT2D eigenvalue weighted by Gasteiger charge is 2.14. The molecule has 15 heavy (non-hydrogen) atoms. The molecule has 1 aromatic carbocycles. The van der Waals surface area contributed by atoms with E-state index >= 15 is 0 Å². The Kier molecular flexibility index (Phi) is 4.79. The molecule has 0 aromatic heterocycles. The van der Waals surface area contributed by atoms with Crippen LogP contribution in [0, 0.1) is 0 Å². The summed E-state index contributed by atoms with van der Waals surface area (Å²) in [6.07, 6.45) is 0.712. The van der Waals surface area contributed by atoms with Gasteiger partial charge < -0.3 is 10.4 Å². The monoisotopic (exact) mass is 207 g/mol. The second-order valence-electron chi connectivity index (χ2n) is 4.07. The van der Waals surface area contributed by atoms with E-state index in [4.69, 9.17) is 0 Å². The van der Waals surface area contributed by atoms with E-state index in [1.165, 1.54) is 5.56 Å². The maximum absolute atomic E-state index is 9.45. The maximum Gasteiger partial charge on any atom is 0.0662 e. The van der Waals surface area contributed by atoms with Crippen LogP contribution < -0.4 is 5.32 Å². The van der Waals surface area contributed by atoms with Gasteiger partial charge in [0, 0.05) is 12.1 Å². The van der Waals surface area contributed by atoms with Crippen molar-refractivity contribution in [1.82, 2.24) is 5.32 Å². The van der Waals surface area contributed by atoms with Crippen molar-refractivity contribution >= 4 is 0 Å². The highest BCUT2D eigenvalue weighted by Crippen LogP contribution is 2.17. The topological polar surface area (TPSA) is 32.3 Å². The van der Waals surface area contributed by atoms with Gasteiger partial charge in [-0.15, -0.1) is 0 Å². The van der Waals surface area contributed by atoms with Crippen LogP contribution >= 0.6 is 0 Å². The number of rotatable bonds is 5. The summed E-state index contributed by atoms with van der Waals surface area (Å²) < 4.78 is 0. The molecule has 2 heteroatoms. The Balaban J connectivity index is 2.65. The molecule has 0 fully saturated rings. The molecule has 0 aliphatic rings. The Hall–Kier alpha value is -0.860. The summed E-state index contributed by atoms with van der Waals surface area (Å²) in [6, 6.07) is 10.8. The van der Waals surface area contributed by atoms with Crippen molar-refractivity contribution in [3.05, 3.63) is 35.9 Å². The van der Waals surface area contributed by atoms with Crippen molar-refractivity contribution in [1.29, 1.82) is 0 Å². The molecule has 3 atom stereocenters. The first-order valence-electron chi connectivity index (χ1n) is 5.64. The fourth-order valence-corrected chi connectivity index (χ4v) is 1.59. The van der Waals surface area contributed by atoms with Gasteiger partial charge in [0.15, 0.2) is 0 Å². The third kappa shape index (κ3) is 3.65. The first kappa shape index (κ1) is 12.2. The molecule has 0 bridgehead atoms. The molecule has 2 N–H and O–H groups in total. The van der Waals surface area contributed by atoms with Crippen LogP contribution in [0.3, 0.4) is 0 Å². The third-order valence-electron chi connectivity index (χ3n) is 2.80. The van der Waals surface area contributed by atoms with Crippen LogP contribution in [0.4, 0.5) is 0 Å². The SMILES string of the molecule is CCC(NC(C)C(C)O)c1ccccc1. The summed E-state index contributed by atoms with van der Waals surface area (Å²) in [7, 11) is 0. The van der Waals surface area contributed by atoms with Crippen LogP contribution in [0.2, 0.25) is 0 Å². The fraction of sp³-hybridized carbons (Fsp3) is 0.538. The lowest BCUT2D eigenvalue weighted by Crippen LogP contribution is -2.37. The van der Waals surface area contributed by atoms with Crippen LogP contribution in [-0.4, -0.2) is 17.3 Å². The molecule has 0 saturated carbocycles. The molecule has 0 heterocycles. The van der Waals surface area contributed by atoms with Gasteiger partial charge in [0.05, 0.1) is 6.10 Å². The van der Waals surface area contributed by atoms with Gasteiger partial charge in [-0.25, -0.2) is 0 Å². The van der Waals surface area contributed by atoms with E-state index < -0.39 is 0 Å². The summed E-state index contributed by atoms with van der Waals surface area (Å²) in [5, 5.41) is 12.9. The Morgan fingerprint density at radius 3 is 2.27 bits per heavy atom. The largest absolute Gasteiger partial charge is 0.392 e. The van der Waals surface area contributed by atoms with Crippen molar-refractivity contribution in [3.8, 4) is 0 Å². The van der Waals surface area contributed by atoms with Crippen molar-refractivity contribution in [2.45, 2.75) is 45.4 Å². The predicted octanol–water partition coefficient (Wildman–Crippen LogP) is 2.50. The predicted molar refractivity (Wildman–Crippen MR) is 63.8 cm³/mol. The molecule has 0 saturated heterocycles. The van der Waals surface area contributed by atoms with Gasteiger partial charge in [0.25, 0.3) is 0 Å². The molecule has 1 aromatic rings. The van der Waals surface area contributed by atoms with E-state index in [9.17, 15) is 5.11 Å². The molecular weight excluding hydrogens is 186 g/mol. The number of hydrogen-bond acceptors (Lipinski definition) is 2. The highest BCUT2D eigenvalue weighted by atomic mass is 16.3. The average Bonchev–Trinajstić information content (AvgIpc) is 2.26. The van der Waals surface area contributed by atoms with Crippen molar-refractivity contribution in [2.24, 2.45) is 0 Å². The van der Waals surface area contributed by atoms with Gasteiger partial charge in [-0.05, 0) is 25.8 Å². The normalized spacial score (nSPS) is 17.1. The van der Waals surface area contributed by atoms with Gasteiger partial charge in [-0.2, -0.15) is 0 Å². The van der Waals surface area contributed by atoms with Gasteiger partial charge >= 0.3 is 0 Å². The summed E-state index contributed by atoms with van der Waals surface area (Å²) in [4.78, 5) is 0. The third-order valence-corrected chi connectivity index (χ3v) is 2.80. The first-order chi connectivity index (χ1) is 7.15.